The highest BCUT2D eigenvalue weighted by molar-refractivity contribution is 7.15. The van der Waals surface area contributed by atoms with Gasteiger partial charge in [0.15, 0.2) is 0 Å². The topological polar surface area (TPSA) is 37.8 Å². The molecule has 1 fully saturated rings. The van der Waals surface area contributed by atoms with Gasteiger partial charge in [-0.05, 0) is 12.8 Å². The molecule has 2 aromatic heterocycles. The molecule has 3 rings (SSSR count). The lowest BCUT2D eigenvalue weighted by Crippen LogP contribution is -2.21. The highest BCUT2D eigenvalue weighted by Gasteiger charge is 2.29. The Labute approximate surface area is 115 Å². The first-order valence-electron chi connectivity index (χ1n) is 6.35. The summed E-state index contributed by atoms with van der Waals surface area (Å²) in [5.41, 5.74) is 4.22. The Morgan fingerprint density at radius 3 is 2.89 bits per heavy atom. The van der Waals surface area contributed by atoms with Crippen molar-refractivity contribution in [2.75, 3.05) is 0 Å². The maximum Gasteiger partial charge on any atom is 0.143 e. The molecule has 0 atom stereocenters. The van der Waals surface area contributed by atoms with Gasteiger partial charge in [0, 0.05) is 28.8 Å². The van der Waals surface area contributed by atoms with Crippen molar-refractivity contribution in [1.82, 2.24) is 15.3 Å². The van der Waals surface area contributed by atoms with Crippen LogP contribution in [0.4, 0.5) is 0 Å². The Bertz CT molecular complexity index is 512. The molecular formula is C13H17N3S2. The standard InChI is InChI=1S/C13H17N3S2/c1-8(2)14-5-11-12(9-3-4-9)16-13(18-11)10-6-17-7-15-10/h6-9,14H,3-5H2,1-2H3. The molecule has 0 amide bonds. The predicted octanol–water partition coefficient (Wildman–Crippen LogP) is 3.64. The summed E-state index contributed by atoms with van der Waals surface area (Å²) in [5, 5.41) is 6.66. The van der Waals surface area contributed by atoms with Crippen molar-refractivity contribution >= 4 is 22.7 Å². The molecule has 0 aromatic carbocycles. The number of thiazole rings is 2. The lowest BCUT2D eigenvalue weighted by molar-refractivity contribution is 0.590. The van der Waals surface area contributed by atoms with Gasteiger partial charge in [0.2, 0.25) is 0 Å². The van der Waals surface area contributed by atoms with Crippen molar-refractivity contribution in [2.24, 2.45) is 0 Å². The zero-order valence-electron chi connectivity index (χ0n) is 10.6. The second kappa shape index (κ2) is 5.07. The van der Waals surface area contributed by atoms with E-state index in [2.05, 4.69) is 29.5 Å². The molecule has 3 nitrogen and oxygen atoms in total. The molecule has 1 aliphatic carbocycles. The number of hydrogen-bond acceptors (Lipinski definition) is 5. The number of nitrogens with one attached hydrogen (secondary N) is 1. The van der Waals surface area contributed by atoms with Crippen LogP contribution in [0.15, 0.2) is 10.9 Å². The van der Waals surface area contributed by atoms with Gasteiger partial charge >= 0.3 is 0 Å². The van der Waals surface area contributed by atoms with Gasteiger partial charge < -0.3 is 5.32 Å². The fraction of sp³-hybridized carbons (Fsp3) is 0.538. The highest BCUT2D eigenvalue weighted by atomic mass is 32.1. The fourth-order valence-corrected chi connectivity index (χ4v) is 3.57. The van der Waals surface area contributed by atoms with E-state index in [9.17, 15) is 0 Å². The van der Waals surface area contributed by atoms with Crippen LogP contribution in [0.5, 0.6) is 0 Å². The van der Waals surface area contributed by atoms with Crippen LogP contribution in [-0.4, -0.2) is 16.0 Å². The first kappa shape index (κ1) is 12.3. The summed E-state index contributed by atoms with van der Waals surface area (Å²) in [6.45, 7) is 5.30. The first-order valence-corrected chi connectivity index (χ1v) is 8.11. The normalized spacial score (nSPS) is 15.5. The second-order valence-electron chi connectivity index (χ2n) is 5.01. The van der Waals surface area contributed by atoms with Crippen molar-refractivity contribution in [3.8, 4) is 10.7 Å². The molecule has 5 heteroatoms. The van der Waals surface area contributed by atoms with Gasteiger partial charge in [-0.1, -0.05) is 13.8 Å². The molecule has 96 valence electrons. The molecule has 0 radical (unpaired) electrons. The van der Waals surface area contributed by atoms with Crippen molar-refractivity contribution in [2.45, 2.75) is 45.2 Å². The summed E-state index contributed by atoms with van der Waals surface area (Å²) in [7, 11) is 0. The van der Waals surface area contributed by atoms with Crippen LogP contribution in [0.3, 0.4) is 0 Å². The maximum absolute atomic E-state index is 4.82. The number of aromatic nitrogens is 2. The van der Waals surface area contributed by atoms with Gasteiger partial charge in [-0.25, -0.2) is 9.97 Å². The average molecular weight is 279 g/mol. The molecule has 1 aliphatic rings. The van der Waals surface area contributed by atoms with Crippen LogP contribution in [0.1, 0.15) is 43.2 Å². The van der Waals surface area contributed by atoms with Gasteiger partial charge in [0.25, 0.3) is 0 Å². The summed E-state index contributed by atoms with van der Waals surface area (Å²) < 4.78 is 0. The Kier molecular flexibility index (Phi) is 3.46. The number of hydrogen-bond donors (Lipinski definition) is 1. The monoisotopic (exact) mass is 279 g/mol. The number of rotatable bonds is 5. The fourth-order valence-electron chi connectivity index (χ4n) is 1.89. The van der Waals surface area contributed by atoms with Crippen LogP contribution < -0.4 is 5.32 Å². The summed E-state index contributed by atoms with van der Waals surface area (Å²) in [4.78, 5) is 10.6. The van der Waals surface area contributed by atoms with Gasteiger partial charge in [0.05, 0.1) is 11.2 Å². The molecule has 0 unspecified atom stereocenters. The van der Waals surface area contributed by atoms with Gasteiger partial charge in [-0.2, -0.15) is 0 Å². The third-order valence-electron chi connectivity index (χ3n) is 3.01. The predicted molar refractivity (Wildman–Crippen MR) is 77.2 cm³/mol. The smallest absolute Gasteiger partial charge is 0.143 e. The van der Waals surface area contributed by atoms with Gasteiger partial charge in [0.1, 0.15) is 10.7 Å². The lowest BCUT2D eigenvalue weighted by Gasteiger charge is -2.06. The zero-order chi connectivity index (χ0) is 12.5. The molecule has 18 heavy (non-hydrogen) atoms. The molecule has 2 heterocycles. The van der Waals surface area contributed by atoms with Crippen LogP contribution in [-0.2, 0) is 6.54 Å². The number of nitrogens with zero attached hydrogens (tertiary/aromatic N) is 2. The minimum absolute atomic E-state index is 0.516. The van der Waals surface area contributed by atoms with E-state index in [4.69, 9.17) is 4.98 Å². The minimum Gasteiger partial charge on any atom is -0.310 e. The maximum atomic E-state index is 4.82. The van der Waals surface area contributed by atoms with Crippen LogP contribution >= 0.6 is 22.7 Å². The Hall–Kier alpha value is -0.780. The van der Waals surface area contributed by atoms with E-state index in [0.717, 1.165) is 17.2 Å². The molecule has 0 aliphatic heterocycles. The summed E-state index contributed by atoms with van der Waals surface area (Å²) in [5.74, 6) is 0.706. The molecule has 0 saturated heterocycles. The van der Waals surface area contributed by atoms with Gasteiger partial charge in [-0.15, -0.1) is 22.7 Å². The Balaban J connectivity index is 1.86. The van der Waals surface area contributed by atoms with E-state index < -0.39 is 0 Å². The highest BCUT2D eigenvalue weighted by Crippen LogP contribution is 2.44. The largest absolute Gasteiger partial charge is 0.310 e. The second-order valence-corrected chi connectivity index (χ2v) is 6.81. The molecule has 0 spiro atoms. The van der Waals surface area contributed by atoms with E-state index in [0.29, 0.717) is 12.0 Å². The first-order chi connectivity index (χ1) is 8.74. The van der Waals surface area contributed by atoms with E-state index in [1.54, 1.807) is 22.7 Å². The van der Waals surface area contributed by atoms with E-state index in [-0.39, 0.29) is 0 Å². The van der Waals surface area contributed by atoms with E-state index >= 15 is 0 Å². The van der Waals surface area contributed by atoms with Crippen molar-refractivity contribution in [1.29, 1.82) is 0 Å². The molecule has 1 N–H and O–H groups in total. The third kappa shape index (κ3) is 2.63. The molecule has 0 bridgehead atoms. The van der Waals surface area contributed by atoms with E-state index in [1.165, 1.54) is 23.4 Å². The van der Waals surface area contributed by atoms with Crippen LogP contribution in [0.2, 0.25) is 0 Å². The quantitative estimate of drug-likeness (QED) is 0.908. The van der Waals surface area contributed by atoms with E-state index in [1.807, 2.05) is 5.51 Å². The Morgan fingerprint density at radius 2 is 2.28 bits per heavy atom. The average Bonchev–Trinajstić information content (AvgIpc) is 2.91. The zero-order valence-corrected chi connectivity index (χ0v) is 12.3. The summed E-state index contributed by atoms with van der Waals surface area (Å²) in [6.07, 6.45) is 2.60. The summed E-state index contributed by atoms with van der Waals surface area (Å²) in [6, 6.07) is 0.516. The molecule has 1 saturated carbocycles. The molecular weight excluding hydrogens is 262 g/mol. The molecule has 2 aromatic rings. The third-order valence-corrected chi connectivity index (χ3v) is 4.69. The minimum atomic E-state index is 0.516. The van der Waals surface area contributed by atoms with Crippen LogP contribution in [0.25, 0.3) is 10.7 Å². The van der Waals surface area contributed by atoms with Crippen molar-refractivity contribution < 1.29 is 0 Å². The van der Waals surface area contributed by atoms with Crippen molar-refractivity contribution in [3.63, 3.8) is 0 Å². The van der Waals surface area contributed by atoms with Crippen LogP contribution in [0, 0.1) is 0 Å². The van der Waals surface area contributed by atoms with Gasteiger partial charge in [-0.3, -0.25) is 0 Å². The SMILES string of the molecule is CC(C)NCc1sc(-c2cscn2)nc1C1CC1. The summed E-state index contributed by atoms with van der Waals surface area (Å²) >= 11 is 3.43. The van der Waals surface area contributed by atoms with Crippen molar-refractivity contribution in [3.05, 3.63) is 21.5 Å². The Morgan fingerprint density at radius 1 is 1.44 bits per heavy atom. The lowest BCUT2D eigenvalue weighted by atomic mass is 10.2.